The molecule has 0 amide bonds. The Bertz CT molecular complexity index is 765. The number of aromatic hydroxyl groups is 1. The van der Waals surface area contributed by atoms with E-state index in [-0.39, 0.29) is 18.1 Å². The van der Waals surface area contributed by atoms with Gasteiger partial charge in [-0.1, -0.05) is 43.3 Å². The molecule has 0 heterocycles. The van der Waals surface area contributed by atoms with Crippen LogP contribution in [0.15, 0.2) is 48.5 Å². The molecular weight excluding hydrogens is 368 g/mol. The number of anilines is 1. The molecule has 0 radical (unpaired) electrons. The molecule has 158 valence electrons. The molecule has 0 bridgehead atoms. The van der Waals surface area contributed by atoms with Gasteiger partial charge in [0.2, 0.25) is 0 Å². The van der Waals surface area contributed by atoms with Gasteiger partial charge in [-0.2, -0.15) is 0 Å². The molecule has 0 aliphatic rings. The highest BCUT2D eigenvalue weighted by molar-refractivity contribution is 5.99. The van der Waals surface area contributed by atoms with Gasteiger partial charge in [-0.15, -0.1) is 0 Å². The number of ketones is 1. The fourth-order valence-corrected chi connectivity index (χ4v) is 3.04. The van der Waals surface area contributed by atoms with Crippen LogP contribution in [0.5, 0.6) is 5.75 Å². The normalized spacial score (nSPS) is 13.1. The Balaban J connectivity index is 2.12. The van der Waals surface area contributed by atoms with Crippen LogP contribution in [0.4, 0.5) is 5.69 Å². The highest BCUT2D eigenvalue weighted by Crippen LogP contribution is 2.27. The molecule has 0 saturated heterocycles. The van der Waals surface area contributed by atoms with E-state index in [9.17, 15) is 15.0 Å². The molecule has 6 nitrogen and oxygen atoms in total. The van der Waals surface area contributed by atoms with E-state index in [0.29, 0.717) is 24.2 Å². The minimum atomic E-state index is -0.747. The Morgan fingerprint density at radius 3 is 2.52 bits per heavy atom. The third kappa shape index (κ3) is 7.16. The predicted octanol–water partition coefficient (Wildman–Crippen LogP) is 2.63. The molecule has 0 aliphatic heterocycles. The van der Waals surface area contributed by atoms with Crippen molar-refractivity contribution >= 4 is 11.5 Å². The number of rotatable bonds is 12. The second-order valence-corrected chi connectivity index (χ2v) is 7.33. The molecule has 0 aliphatic carbocycles. The smallest absolute Gasteiger partial charge is 0.191 e. The summed E-state index contributed by atoms with van der Waals surface area (Å²) < 4.78 is 5.84. The van der Waals surface area contributed by atoms with Crippen LogP contribution >= 0.6 is 0 Å². The van der Waals surface area contributed by atoms with E-state index < -0.39 is 12.2 Å². The predicted molar refractivity (Wildman–Crippen MR) is 116 cm³/mol. The summed E-state index contributed by atoms with van der Waals surface area (Å²) in [7, 11) is 3.71. The first-order valence-corrected chi connectivity index (χ1v) is 10.0. The number of Topliss-reactive ketones (excluding diaryl/α,β-unsaturated/α-hetero) is 1. The Morgan fingerprint density at radius 2 is 1.90 bits per heavy atom. The molecule has 0 aromatic heterocycles. The molecule has 2 atom stereocenters. The number of hydrogen-bond acceptors (Lipinski definition) is 6. The lowest BCUT2D eigenvalue weighted by Gasteiger charge is -2.21. The Morgan fingerprint density at radius 1 is 1.17 bits per heavy atom. The lowest BCUT2D eigenvalue weighted by molar-refractivity contribution is -0.00164. The van der Waals surface area contributed by atoms with Crippen molar-refractivity contribution in [3.8, 4) is 5.75 Å². The maximum absolute atomic E-state index is 13.0. The number of aliphatic hydroxyl groups is 1. The van der Waals surface area contributed by atoms with Crippen molar-refractivity contribution in [2.45, 2.75) is 32.0 Å². The van der Waals surface area contributed by atoms with Crippen LogP contribution in [0.1, 0.15) is 29.3 Å². The molecule has 6 heteroatoms. The summed E-state index contributed by atoms with van der Waals surface area (Å²) in [5.41, 5.74) is 2.06. The van der Waals surface area contributed by atoms with Crippen molar-refractivity contribution in [2.75, 3.05) is 38.7 Å². The van der Waals surface area contributed by atoms with Gasteiger partial charge in [0.25, 0.3) is 0 Å². The van der Waals surface area contributed by atoms with Gasteiger partial charge in [-0.05, 0) is 30.7 Å². The van der Waals surface area contributed by atoms with Crippen molar-refractivity contribution in [1.29, 1.82) is 0 Å². The van der Waals surface area contributed by atoms with Crippen LogP contribution < -0.4 is 10.2 Å². The van der Waals surface area contributed by atoms with Gasteiger partial charge in [-0.25, -0.2) is 0 Å². The van der Waals surface area contributed by atoms with E-state index in [2.05, 4.69) is 12.2 Å². The number of carbonyl (C=O) groups excluding carboxylic acids is 1. The Labute approximate surface area is 173 Å². The van der Waals surface area contributed by atoms with Gasteiger partial charge in [0.05, 0.1) is 18.4 Å². The third-order valence-electron chi connectivity index (χ3n) is 4.59. The van der Waals surface area contributed by atoms with Crippen molar-refractivity contribution in [3.05, 3.63) is 59.7 Å². The summed E-state index contributed by atoms with van der Waals surface area (Å²) in [5.74, 6) is 0.0118. The second-order valence-electron chi connectivity index (χ2n) is 7.33. The first-order chi connectivity index (χ1) is 13.9. The zero-order chi connectivity index (χ0) is 21.2. The fourth-order valence-electron chi connectivity index (χ4n) is 3.04. The molecule has 2 aromatic carbocycles. The average molecular weight is 401 g/mol. The van der Waals surface area contributed by atoms with Crippen LogP contribution in [0.3, 0.4) is 0 Å². The SMILES string of the molecule is CCCNCC(O)COC(Cc1ccc(N(C)C)c(O)c1)C(=O)c1ccccc1. The van der Waals surface area contributed by atoms with E-state index in [1.165, 1.54) is 0 Å². The number of hydrogen-bond donors (Lipinski definition) is 3. The van der Waals surface area contributed by atoms with Gasteiger partial charge >= 0.3 is 0 Å². The summed E-state index contributed by atoms with van der Waals surface area (Å²) >= 11 is 0. The van der Waals surface area contributed by atoms with E-state index >= 15 is 0 Å². The molecular formula is C23H32N2O4. The lowest BCUT2D eigenvalue weighted by atomic mass is 9.99. The quantitative estimate of drug-likeness (QED) is 0.375. The maximum atomic E-state index is 13.0. The van der Waals surface area contributed by atoms with Crippen LogP contribution in [-0.2, 0) is 11.2 Å². The number of carbonyl (C=O) groups is 1. The van der Waals surface area contributed by atoms with Crippen molar-refractivity contribution < 1.29 is 19.7 Å². The topological polar surface area (TPSA) is 82.0 Å². The van der Waals surface area contributed by atoms with E-state index in [4.69, 9.17) is 4.74 Å². The number of benzene rings is 2. The average Bonchev–Trinajstić information content (AvgIpc) is 2.71. The van der Waals surface area contributed by atoms with Crippen LogP contribution in [0.2, 0.25) is 0 Å². The molecule has 0 spiro atoms. The van der Waals surface area contributed by atoms with Gasteiger partial charge in [0.1, 0.15) is 11.9 Å². The van der Waals surface area contributed by atoms with Gasteiger partial charge in [0, 0.05) is 32.6 Å². The number of nitrogens with one attached hydrogen (secondary N) is 1. The van der Waals surface area contributed by atoms with E-state index in [0.717, 1.165) is 18.5 Å². The van der Waals surface area contributed by atoms with Crippen molar-refractivity contribution in [2.24, 2.45) is 0 Å². The lowest BCUT2D eigenvalue weighted by Crippen LogP contribution is -2.35. The van der Waals surface area contributed by atoms with Crippen molar-refractivity contribution in [1.82, 2.24) is 5.32 Å². The summed E-state index contributed by atoms with van der Waals surface area (Å²) in [6, 6.07) is 14.3. The Hall–Kier alpha value is -2.41. The highest BCUT2D eigenvalue weighted by Gasteiger charge is 2.23. The number of aliphatic hydroxyl groups excluding tert-OH is 1. The second kappa shape index (κ2) is 11.6. The minimum absolute atomic E-state index is 0.0573. The molecule has 0 fully saturated rings. The van der Waals surface area contributed by atoms with Crippen LogP contribution in [0, 0.1) is 0 Å². The van der Waals surface area contributed by atoms with Gasteiger partial charge < -0.3 is 25.2 Å². The van der Waals surface area contributed by atoms with Crippen LogP contribution in [0.25, 0.3) is 0 Å². The van der Waals surface area contributed by atoms with Gasteiger partial charge in [0.15, 0.2) is 5.78 Å². The first kappa shape index (κ1) is 22.9. The first-order valence-electron chi connectivity index (χ1n) is 10.0. The summed E-state index contributed by atoms with van der Waals surface area (Å²) in [5, 5.41) is 23.5. The fraction of sp³-hybridized carbons (Fsp3) is 0.435. The minimum Gasteiger partial charge on any atom is -0.506 e. The molecule has 2 rings (SSSR count). The monoisotopic (exact) mass is 400 g/mol. The molecule has 0 saturated carbocycles. The summed E-state index contributed by atoms with van der Waals surface area (Å²) in [4.78, 5) is 14.8. The third-order valence-corrected chi connectivity index (χ3v) is 4.59. The molecule has 3 N–H and O–H groups in total. The zero-order valence-corrected chi connectivity index (χ0v) is 17.5. The van der Waals surface area contributed by atoms with E-state index in [1.54, 1.807) is 18.2 Å². The van der Waals surface area contributed by atoms with Gasteiger partial charge in [-0.3, -0.25) is 4.79 Å². The molecule has 2 aromatic rings. The number of phenolic OH excluding ortho intramolecular Hbond substituents is 1. The number of ether oxygens (including phenoxy) is 1. The number of nitrogens with zero attached hydrogens (tertiary/aromatic N) is 1. The zero-order valence-electron chi connectivity index (χ0n) is 17.5. The van der Waals surface area contributed by atoms with Crippen molar-refractivity contribution in [3.63, 3.8) is 0 Å². The Kier molecular flexibility index (Phi) is 9.12. The standard InChI is InChI=1S/C23H32N2O4/c1-4-12-24-15-19(26)16-29-22(23(28)18-8-6-5-7-9-18)14-17-10-11-20(25(2)3)21(27)13-17/h5-11,13,19,22,24,26-27H,4,12,14-16H2,1-3H3. The highest BCUT2D eigenvalue weighted by atomic mass is 16.5. The maximum Gasteiger partial charge on any atom is 0.191 e. The summed E-state index contributed by atoms with van der Waals surface area (Å²) in [6.07, 6.45) is -0.154. The summed E-state index contributed by atoms with van der Waals surface area (Å²) in [6.45, 7) is 3.35. The van der Waals surface area contributed by atoms with E-state index in [1.807, 2.05) is 49.3 Å². The molecule has 29 heavy (non-hydrogen) atoms. The van der Waals surface area contributed by atoms with Crippen LogP contribution in [-0.4, -0.2) is 62.0 Å². The number of phenols is 1. The molecule has 2 unspecified atom stereocenters. The largest absolute Gasteiger partial charge is 0.506 e.